The van der Waals surface area contributed by atoms with Crippen LogP contribution < -0.4 is 0 Å². The maximum absolute atomic E-state index is 13.6. The van der Waals surface area contributed by atoms with Crippen molar-refractivity contribution >= 4 is 29.5 Å². The molecule has 1 saturated heterocycles. The summed E-state index contributed by atoms with van der Waals surface area (Å²) in [6.07, 6.45) is 5.65. The molecule has 2 aromatic rings. The first-order valence-corrected chi connectivity index (χ1v) is 13.3. The zero-order valence-electron chi connectivity index (χ0n) is 20.8. The number of allylic oxidation sites excluding steroid dienone is 2. The van der Waals surface area contributed by atoms with Gasteiger partial charge in [-0.15, -0.1) is 0 Å². The van der Waals surface area contributed by atoms with Crippen LogP contribution in [0, 0.1) is 23.7 Å². The molecule has 1 saturated carbocycles. The van der Waals surface area contributed by atoms with Gasteiger partial charge in [-0.1, -0.05) is 48.6 Å². The first kappa shape index (κ1) is 23.1. The molecule has 8 nitrogen and oxygen atoms in total. The highest BCUT2D eigenvalue weighted by molar-refractivity contribution is 6.21. The molecule has 0 N–H and O–H groups in total. The molecule has 38 heavy (non-hydrogen) atoms. The molecule has 3 aliphatic heterocycles. The molecule has 2 aliphatic carbocycles. The summed E-state index contributed by atoms with van der Waals surface area (Å²) in [6, 6.07) is 14.0. The highest BCUT2D eigenvalue weighted by Gasteiger charge is 2.59. The molecule has 2 bridgehead atoms. The normalized spacial score (nSPS) is 28.8. The molecule has 2 aromatic carbocycles. The Morgan fingerprint density at radius 2 is 1.39 bits per heavy atom. The zero-order valence-corrected chi connectivity index (χ0v) is 20.8. The number of carbonyl (C=O) groups is 5. The predicted octanol–water partition coefficient (Wildman–Crippen LogP) is 2.61. The van der Waals surface area contributed by atoms with Crippen molar-refractivity contribution in [3.63, 3.8) is 0 Å². The molecule has 192 valence electrons. The van der Waals surface area contributed by atoms with Crippen LogP contribution in [0.2, 0.25) is 0 Å². The van der Waals surface area contributed by atoms with Gasteiger partial charge in [-0.25, -0.2) is 0 Å². The molecule has 2 fully saturated rings. The number of benzene rings is 2. The third-order valence-electron chi connectivity index (χ3n) is 9.08. The number of carbonyl (C=O) groups excluding carboxylic acids is 5. The van der Waals surface area contributed by atoms with Gasteiger partial charge in [0.05, 0.1) is 35.5 Å². The number of likely N-dealkylation sites (tertiary alicyclic amines) is 1. The topological polar surface area (TPSA) is 95.1 Å². The number of fused-ring (bicyclic) bond motifs is 7. The molecule has 0 unspecified atom stereocenters. The van der Waals surface area contributed by atoms with Gasteiger partial charge in [-0.05, 0) is 47.9 Å². The van der Waals surface area contributed by atoms with Crippen molar-refractivity contribution in [3.8, 4) is 0 Å². The fourth-order valence-corrected chi connectivity index (χ4v) is 7.26. The summed E-state index contributed by atoms with van der Waals surface area (Å²) >= 11 is 0. The molecule has 3 heterocycles. The third-order valence-corrected chi connectivity index (χ3v) is 9.08. The predicted molar refractivity (Wildman–Crippen MR) is 135 cm³/mol. The molecule has 5 aliphatic rings. The summed E-state index contributed by atoms with van der Waals surface area (Å²) in [5, 5.41) is 0. The Hall–Kier alpha value is -4.07. The van der Waals surface area contributed by atoms with Crippen LogP contribution in [0.4, 0.5) is 0 Å². The van der Waals surface area contributed by atoms with E-state index in [9.17, 15) is 24.0 Å². The summed E-state index contributed by atoms with van der Waals surface area (Å²) in [4.78, 5) is 70.2. The van der Waals surface area contributed by atoms with E-state index in [2.05, 4.69) is 12.2 Å². The van der Waals surface area contributed by atoms with Crippen LogP contribution in [0.25, 0.3) is 0 Å². The van der Waals surface area contributed by atoms with Crippen molar-refractivity contribution in [2.24, 2.45) is 23.7 Å². The second-order valence-electron chi connectivity index (χ2n) is 10.9. The van der Waals surface area contributed by atoms with Crippen LogP contribution in [0.3, 0.4) is 0 Å². The van der Waals surface area contributed by atoms with Crippen LogP contribution in [-0.4, -0.2) is 63.9 Å². The SMILES string of the molecule is O=C1c2ccccc2C(=O)N1C[C@H]1c2ccccc2CCN1C(=O)CCN1C(=O)[C@@H]2[C@H](C1=O)[C@H]1C=C[C@H]2C1. The number of nitrogens with zero attached hydrogens (tertiary/aromatic N) is 3. The highest BCUT2D eigenvalue weighted by Crippen LogP contribution is 2.52. The van der Waals surface area contributed by atoms with E-state index >= 15 is 0 Å². The van der Waals surface area contributed by atoms with E-state index in [0.29, 0.717) is 24.1 Å². The number of amides is 5. The highest BCUT2D eigenvalue weighted by atomic mass is 16.2. The Kier molecular flexibility index (Phi) is 5.15. The molecule has 0 radical (unpaired) electrons. The van der Waals surface area contributed by atoms with Gasteiger partial charge in [-0.2, -0.15) is 0 Å². The number of imide groups is 2. The number of rotatable bonds is 5. The molecule has 7 rings (SSSR count). The standard InChI is InChI=1S/C30H27N3O5/c34-24(12-14-32-29(37)25-18-9-10-19(15-18)26(25)30(32)38)31-13-11-17-5-1-2-6-20(17)23(31)16-33-27(35)21-7-3-4-8-22(21)28(33)36/h1-10,18-19,23,25-26H,11-16H2/t18-,19-,23-,25-,26+/m0/s1. The van der Waals surface area contributed by atoms with Crippen molar-refractivity contribution in [3.05, 3.63) is 82.9 Å². The summed E-state index contributed by atoms with van der Waals surface area (Å²) < 4.78 is 0. The quantitative estimate of drug-likeness (QED) is 0.456. The van der Waals surface area contributed by atoms with Crippen molar-refractivity contribution in [1.82, 2.24) is 14.7 Å². The minimum atomic E-state index is -0.501. The Morgan fingerprint density at radius 3 is 2.05 bits per heavy atom. The lowest BCUT2D eigenvalue weighted by molar-refractivity contribution is -0.142. The summed E-state index contributed by atoms with van der Waals surface area (Å²) in [7, 11) is 0. The van der Waals surface area contributed by atoms with E-state index in [4.69, 9.17) is 0 Å². The molecule has 0 aromatic heterocycles. The second-order valence-corrected chi connectivity index (χ2v) is 10.9. The van der Waals surface area contributed by atoms with Crippen molar-refractivity contribution in [2.45, 2.75) is 25.3 Å². The Morgan fingerprint density at radius 1 is 0.789 bits per heavy atom. The Labute approximate surface area is 219 Å². The van der Waals surface area contributed by atoms with E-state index in [-0.39, 0.29) is 72.7 Å². The van der Waals surface area contributed by atoms with Crippen molar-refractivity contribution in [1.29, 1.82) is 0 Å². The van der Waals surface area contributed by atoms with Crippen LogP contribution >= 0.6 is 0 Å². The van der Waals surface area contributed by atoms with Crippen LogP contribution in [-0.2, 0) is 20.8 Å². The first-order chi connectivity index (χ1) is 18.4. The molecule has 0 spiro atoms. The first-order valence-electron chi connectivity index (χ1n) is 13.3. The van der Waals surface area contributed by atoms with Gasteiger partial charge in [0, 0.05) is 19.5 Å². The average molecular weight is 510 g/mol. The van der Waals surface area contributed by atoms with Gasteiger partial charge in [0.1, 0.15) is 0 Å². The fraction of sp³-hybridized carbons (Fsp3) is 0.367. The molecule has 5 amide bonds. The minimum Gasteiger partial charge on any atom is -0.333 e. The third kappa shape index (κ3) is 3.25. The Bertz CT molecular complexity index is 1380. The maximum Gasteiger partial charge on any atom is 0.261 e. The molecular formula is C30H27N3O5. The van der Waals surface area contributed by atoms with Gasteiger partial charge in [0.15, 0.2) is 0 Å². The maximum atomic E-state index is 13.6. The van der Waals surface area contributed by atoms with Gasteiger partial charge >= 0.3 is 0 Å². The van der Waals surface area contributed by atoms with Gasteiger partial charge in [-0.3, -0.25) is 33.8 Å². The van der Waals surface area contributed by atoms with E-state index in [0.717, 1.165) is 17.5 Å². The molecule has 8 heteroatoms. The van der Waals surface area contributed by atoms with Crippen molar-refractivity contribution in [2.75, 3.05) is 19.6 Å². The Balaban J connectivity index is 1.11. The summed E-state index contributed by atoms with van der Waals surface area (Å²) in [6.45, 7) is 0.543. The number of hydrogen-bond donors (Lipinski definition) is 0. The van der Waals surface area contributed by atoms with E-state index in [1.54, 1.807) is 29.2 Å². The van der Waals surface area contributed by atoms with Gasteiger partial charge < -0.3 is 4.90 Å². The average Bonchev–Trinajstić information content (AvgIpc) is 3.67. The van der Waals surface area contributed by atoms with Crippen LogP contribution in [0.1, 0.15) is 50.7 Å². The largest absolute Gasteiger partial charge is 0.333 e. The summed E-state index contributed by atoms with van der Waals surface area (Å²) in [5.74, 6) is -1.53. The minimum absolute atomic E-state index is 0.0144. The smallest absolute Gasteiger partial charge is 0.261 e. The van der Waals surface area contributed by atoms with Gasteiger partial charge in [0.25, 0.3) is 11.8 Å². The van der Waals surface area contributed by atoms with E-state index in [1.807, 2.05) is 24.3 Å². The summed E-state index contributed by atoms with van der Waals surface area (Å²) in [5.41, 5.74) is 2.74. The van der Waals surface area contributed by atoms with Crippen molar-refractivity contribution < 1.29 is 24.0 Å². The lowest BCUT2D eigenvalue weighted by Crippen LogP contribution is -2.47. The second kappa shape index (κ2) is 8.48. The van der Waals surface area contributed by atoms with Crippen LogP contribution in [0.5, 0.6) is 0 Å². The fourth-order valence-electron chi connectivity index (χ4n) is 7.26. The lowest BCUT2D eigenvalue weighted by Gasteiger charge is -2.39. The number of hydrogen-bond acceptors (Lipinski definition) is 5. The van der Waals surface area contributed by atoms with E-state index in [1.165, 1.54) is 9.80 Å². The van der Waals surface area contributed by atoms with Crippen LogP contribution in [0.15, 0.2) is 60.7 Å². The molecular weight excluding hydrogens is 482 g/mol. The van der Waals surface area contributed by atoms with E-state index < -0.39 is 6.04 Å². The monoisotopic (exact) mass is 509 g/mol. The lowest BCUT2D eigenvalue weighted by atomic mass is 9.85. The molecule has 5 atom stereocenters. The van der Waals surface area contributed by atoms with Gasteiger partial charge in [0.2, 0.25) is 17.7 Å². The zero-order chi connectivity index (χ0) is 26.1.